The number of carbonyl (C=O) groups excluding carboxylic acids is 1. The average molecular weight is 392 g/mol. The number of likely N-dealkylation sites (tertiary alicyclic amines) is 1. The number of benzene rings is 1. The molecular weight excluding hydrogens is 370 g/mol. The van der Waals surface area contributed by atoms with Gasteiger partial charge in [0.2, 0.25) is 0 Å². The Balaban J connectivity index is 1.37. The number of aromatic nitrogens is 2. The van der Waals surface area contributed by atoms with E-state index in [9.17, 15) is 4.79 Å². The van der Waals surface area contributed by atoms with Gasteiger partial charge in [0.15, 0.2) is 21.2 Å². The van der Waals surface area contributed by atoms with Gasteiger partial charge < -0.3 is 9.47 Å². The van der Waals surface area contributed by atoms with E-state index in [1.54, 1.807) is 0 Å². The van der Waals surface area contributed by atoms with Crippen LogP contribution in [0, 0.1) is 16.8 Å². The van der Waals surface area contributed by atoms with E-state index in [1.807, 2.05) is 29.8 Å². The fourth-order valence-electron chi connectivity index (χ4n) is 3.46. The predicted molar refractivity (Wildman–Crippen MR) is 102 cm³/mol. The number of fused-ring (bicyclic) bond motifs is 1. The highest BCUT2D eigenvalue weighted by Crippen LogP contribution is 2.32. The maximum atomic E-state index is 12.9. The Bertz CT molecular complexity index is 869. The van der Waals surface area contributed by atoms with Crippen LogP contribution in [0.4, 0.5) is 0 Å². The Kier molecular flexibility index (Phi) is 5.06. The summed E-state index contributed by atoms with van der Waals surface area (Å²) in [6, 6.07) is 5.50. The van der Waals surface area contributed by atoms with E-state index in [-0.39, 0.29) is 11.7 Å². The SMILES string of the molecule is Cc1nn(CN2CCC(C(=O)c3ccc4c(c3)OCCO4)CC2)c(=S)s1. The maximum absolute atomic E-state index is 12.9. The van der Waals surface area contributed by atoms with Gasteiger partial charge in [0.1, 0.15) is 18.2 Å². The molecule has 0 amide bonds. The first-order valence-corrected chi connectivity index (χ1v) is 10.0. The summed E-state index contributed by atoms with van der Waals surface area (Å²) in [7, 11) is 0. The summed E-state index contributed by atoms with van der Waals surface area (Å²) in [4.78, 5) is 15.2. The van der Waals surface area contributed by atoms with Gasteiger partial charge in [-0.3, -0.25) is 9.69 Å². The quantitative estimate of drug-likeness (QED) is 0.589. The third kappa shape index (κ3) is 3.67. The molecule has 3 heterocycles. The Morgan fingerprint density at radius 3 is 2.69 bits per heavy atom. The van der Waals surface area contributed by atoms with Crippen molar-refractivity contribution in [3.05, 3.63) is 32.7 Å². The number of hydrogen-bond donors (Lipinski definition) is 0. The van der Waals surface area contributed by atoms with Crippen LogP contribution in [0.15, 0.2) is 18.2 Å². The van der Waals surface area contributed by atoms with Crippen molar-refractivity contribution >= 4 is 29.3 Å². The Hall–Kier alpha value is -1.77. The van der Waals surface area contributed by atoms with Crippen LogP contribution in [0.2, 0.25) is 0 Å². The Morgan fingerprint density at radius 2 is 2.00 bits per heavy atom. The number of piperidine rings is 1. The minimum Gasteiger partial charge on any atom is -0.486 e. The normalized spacial score (nSPS) is 18.0. The van der Waals surface area contributed by atoms with Gasteiger partial charge in [-0.25, -0.2) is 4.68 Å². The molecule has 0 bridgehead atoms. The van der Waals surface area contributed by atoms with E-state index in [4.69, 9.17) is 21.7 Å². The van der Waals surface area contributed by atoms with E-state index >= 15 is 0 Å². The number of carbonyl (C=O) groups is 1. The minimum absolute atomic E-state index is 0.0546. The van der Waals surface area contributed by atoms with Crippen molar-refractivity contribution in [1.29, 1.82) is 0 Å². The van der Waals surface area contributed by atoms with Crippen molar-refractivity contribution in [1.82, 2.24) is 14.7 Å². The van der Waals surface area contributed by atoms with Crippen LogP contribution in [0.5, 0.6) is 11.5 Å². The summed E-state index contributed by atoms with van der Waals surface area (Å²) < 4.78 is 13.8. The zero-order valence-corrected chi connectivity index (χ0v) is 16.3. The third-order valence-corrected chi connectivity index (χ3v) is 6.05. The Labute approximate surface area is 161 Å². The standard InChI is InChI=1S/C18H21N3O3S2/c1-12-19-21(18(25)26-12)11-20-6-4-13(5-7-20)17(22)14-2-3-15-16(10-14)24-9-8-23-15/h2-3,10,13H,4-9,11H2,1H3. The van der Waals surface area contributed by atoms with E-state index < -0.39 is 0 Å². The molecular formula is C18H21N3O3S2. The lowest BCUT2D eigenvalue weighted by atomic mass is 9.89. The van der Waals surface area contributed by atoms with Crippen molar-refractivity contribution in [3.63, 3.8) is 0 Å². The molecule has 0 N–H and O–H groups in total. The van der Waals surface area contributed by atoms with Crippen LogP contribution in [-0.2, 0) is 6.67 Å². The Morgan fingerprint density at radius 1 is 1.27 bits per heavy atom. The fourth-order valence-corrected chi connectivity index (χ4v) is 4.51. The van der Waals surface area contributed by atoms with Gasteiger partial charge >= 0.3 is 0 Å². The maximum Gasteiger partial charge on any atom is 0.180 e. The van der Waals surface area contributed by atoms with Crippen LogP contribution >= 0.6 is 23.6 Å². The molecule has 26 heavy (non-hydrogen) atoms. The van der Waals surface area contributed by atoms with Crippen LogP contribution in [0.3, 0.4) is 0 Å². The number of ether oxygens (including phenoxy) is 2. The van der Waals surface area contributed by atoms with Crippen LogP contribution in [0.1, 0.15) is 28.2 Å². The molecule has 2 aliphatic rings. The lowest BCUT2D eigenvalue weighted by Gasteiger charge is -2.31. The fraction of sp³-hybridized carbons (Fsp3) is 0.500. The van der Waals surface area contributed by atoms with Gasteiger partial charge in [0.25, 0.3) is 0 Å². The van der Waals surface area contributed by atoms with Crippen molar-refractivity contribution < 1.29 is 14.3 Å². The van der Waals surface area contributed by atoms with Crippen molar-refractivity contribution in [2.45, 2.75) is 26.4 Å². The first-order chi connectivity index (χ1) is 12.6. The number of nitrogens with zero attached hydrogens (tertiary/aromatic N) is 3. The number of aryl methyl sites for hydroxylation is 1. The zero-order chi connectivity index (χ0) is 18.1. The van der Waals surface area contributed by atoms with Crippen molar-refractivity contribution in [2.75, 3.05) is 26.3 Å². The molecule has 0 unspecified atom stereocenters. The molecule has 0 spiro atoms. The molecule has 8 heteroatoms. The van der Waals surface area contributed by atoms with Crippen LogP contribution in [0.25, 0.3) is 0 Å². The molecule has 1 saturated heterocycles. The number of hydrogen-bond acceptors (Lipinski definition) is 7. The second kappa shape index (κ2) is 7.46. The van der Waals surface area contributed by atoms with Gasteiger partial charge in [-0.05, 0) is 50.2 Å². The number of Topliss-reactive ketones (excluding diaryl/α,β-unsaturated/α-hetero) is 1. The summed E-state index contributed by atoms with van der Waals surface area (Å²) in [6.07, 6.45) is 1.70. The molecule has 4 rings (SSSR count). The molecule has 0 aliphatic carbocycles. The number of ketones is 1. The van der Waals surface area contributed by atoms with Gasteiger partial charge in [-0.15, -0.1) is 0 Å². The first-order valence-electron chi connectivity index (χ1n) is 8.81. The van der Waals surface area contributed by atoms with Gasteiger partial charge in [-0.1, -0.05) is 11.3 Å². The summed E-state index contributed by atoms with van der Waals surface area (Å²) in [6.45, 7) is 5.50. The highest BCUT2D eigenvalue weighted by atomic mass is 32.1. The molecule has 6 nitrogen and oxygen atoms in total. The molecule has 0 atom stereocenters. The second-order valence-corrected chi connectivity index (χ2v) is 8.47. The van der Waals surface area contributed by atoms with E-state index in [0.717, 1.165) is 40.6 Å². The topological polar surface area (TPSA) is 56.6 Å². The molecule has 1 aromatic carbocycles. The molecule has 0 radical (unpaired) electrons. The smallest absolute Gasteiger partial charge is 0.180 e. The lowest BCUT2D eigenvalue weighted by Crippen LogP contribution is -2.37. The van der Waals surface area contributed by atoms with E-state index in [2.05, 4.69) is 10.00 Å². The predicted octanol–water partition coefficient (Wildman–Crippen LogP) is 3.31. The summed E-state index contributed by atoms with van der Waals surface area (Å²) >= 11 is 6.87. The highest BCUT2D eigenvalue weighted by molar-refractivity contribution is 7.73. The number of rotatable bonds is 4. The molecule has 1 aromatic heterocycles. The monoisotopic (exact) mass is 391 g/mol. The van der Waals surface area contributed by atoms with E-state index in [0.29, 0.717) is 31.2 Å². The molecule has 2 aliphatic heterocycles. The zero-order valence-electron chi connectivity index (χ0n) is 14.6. The molecule has 2 aromatic rings. The summed E-state index contributed by atoms with van der Waals surface area (Å²) in [5, 5.41) is 5.43. The van der Waals surface area contributed by atoms with Gasteiger partial charge in [-0.2, -0.15) is 5.10 Å². The molecule has 1 fully saturated rings. The van der Waals surface area contributed by atoms with Crippen LogP contribution in [-0.4, -0.2) is 46.8 Å². The minimum atomic E-state index is 0.0546. The molecule has 0 saturated carbocycles. The lowest BCUT2D eigenvalue weighted by molar-refractivity contribution is 0.0803. The largest absolute Gasteiger partial charge is 0.486 e. The molecule has 138 valence electrons. The second-order valence-electron chi connectivity index (χ2n) is 6.64. The van der Waals surface area contributed by atoms with Gasteiger partial charge in [0, 0.05) is 24.6 Å². The van der Waals surface area contributed by atoms with Crippen LogP contribution < -0.4 is 9.47 Å². The highest BCUT2D eigenvalue weighted by Gasteiger charge is 2.27. The van der Waals surface area contributed by atoms with Crippen molar-refractivity contribution in [2.24, 2.45) is 5.92 Å². The summed E-state index contributed by atoms with van der Waals surface area (Å²) in [5.74, 6) is 1.65. The average Bonchev–Trinajstić information content (AvgIpc) is 2.98. The van der Waals surface area contributed by atoms with Gasteiger partial charge in [0.05, 0.1) is 6.67 Å². The van der Waals surface area contributed by atoms with Crippen molar-refractivity contribution in [3.8, 4) is 11.5 Å². The summed E-state index contributed by atoms with van der Waals surface area (Å²) in [5.41, 5.74) is 0.713. The third-order valence-electron chi connectivity index (χ3n) is 4.83. The van der Waals surface area contributed by atoms with E-state index in [1.165, 1.54) is 11.3 Å². The first kappa shape index (κ1) is 17.6.